The van der Waals surface area contributed by atoms with Crippen LogP contribution in [0.25, 0.3) is 10.9 Å². The van der Waals surface area contributed by atoms with Gasteiger partial charge in [0.05, 0.1) is 0 Å². The molecule has 1 aromatic heterocycles. The van der Waals surface area contributed by atoms with Crippen LogP contribution in [0.2, 0.25) is 16.6 Å². The van der Waals surface area contributed by atoms with E-state index in [2.05, 4.69) is 89.4 Å². The van der Waals surface area contributed by atoms with Crippen molar-refractivity contribution in [1.82, 2.24) is 9.13 Å². The second kappa shape index (κ2) is 8.08. The molecule has 1 atom stereocenters. The summed E-state index contributed by atoms with van der Waals surface area (Å²) in [5, 5.41) is 1.37. The lowest BCUT2D eigenvalue weighted by molar-refractivity contribution is 0.187. The molecule has 3 rings (SSSR count). The van der Waals surface area contributed by atoms with Crippen LogP contribution in [-0.2, 0) is 6.42 Å². The molecule has 0 spiro atoms. The number of likely N-dealkylation sites (N-methyl/N-ethyl adjacent to an activating group) is 1. The normalized spacial score (nSPS) is 17.8. The van der Waals surface area contributed by atoms with E-state index < -0.39 is 8.24 Å². The zero-order valence-corrected chi connectivity index (χ0v) is 21.0. The largest absolute Gasteiger partial charge is 0.490 e. The van der Waals surface area contributed by atoms with Crippen molar-refractivity contribution in [2.24, 2.45) is 0 Å². The van der Waals surface area contributed by atoms with E-state index in [0.717, 1.165) is 18.8 Å². The van der Waals surface area contributed by atoms with Gasteiger partial charge in [0.2, 0.25) is 0 Å². The zero-order valence-electron chi connectivity index (χ0n) is 19.2. The Morgan fingerprint density at radius 2 is 1.68 bits per heavy atom. The van der Waals surface area contributed by atoms with E-state index in [1.54, 1.807) is 11.8 Å². The van der Waals surface area contributed by atoms with Gasteiger partial charge in [-0.1, -0.05) is 41.5 Å². The summed E-state index contributed by atoms with van der Waals surface area (Å²) in [7, 11) is 2.53. The van der Waals surface area contributed by atoms with Crippen molar-refractivity contribution in [2.75, 3.05) is 27.0 Å². The number of aromatic nitrogens is 1. The molecule has 1 aliphatic rings. The van der Waals surface area contributed by atoms with Gasteiger partial charge in [-0.15, -0.1) is 11.8 Å². The number of nitrogens with zero attached hydrogens (tertiary/aromatic N) is 2. The van der Waals surface area contributed by atoms with Gasteiger partial charge in [-0.3, -0.25) is 0 Å². The molecule has 0 fully saturated rings. The van der Waals surface area contributed by atoms with Crippen LogP contribution in [0, 0.1) is 0 Å². The monoisotopic (exact) mass is 418 g/mol. The minimum absolute atomic E-state index is 0.411. The quantitative estimate of drug-likeness (QED) is 0.408. The Labute approximate surface area is 176 Å². The summed E-state index contributed by atoms with van der Waals surface area (Å²) >= 11 is 1.80. The molecule has 0 N–H and O–H groups in total. The first-order valence-electron chi connectivity index (χ1n) is 10.7. The molecule has 1 unspecified atom stereocenters. The Morgan fingerprint density at radius 3 is 2.18 bits per heavy atom. The Hall–Kier alpha value is -0.913. The van der Waals surface area contributed by atoms with Crippen LogP contribution >= 0.6 is 11.8 Å². The van der Waals surface area contributed by atoms with Crippen molar-refractivity contribution >= 4 is 30.9 Å². The lowest BCUT2D eigenvalue weighted by Gasteiger charge is -2.44. The van der Waals surface area contributed by atoms with E-state index in [-0.39, 0.29) is 0 Å². The average molecular weight is 419 g/mol. The maximum atomic E-state index is 6.46. The van der Waals surface area contributed by atoms with Crippen LogP contribution in [0.3, 0.4) is 0 Å². The number of hydrogen-bond acceptors (Lipinski definition) is 3. The average Bonchev–Trinajstić information content (AvgIpc) is 2.84. The zero-order chi connectivity index (χ0) is 20.8. The maximum absolute atomic E-state index is 6.46. The molecule has 0 bridgehead atoms. The van der Waals surface area contributed by atoms with Gasteiger partial charge >= 0.3 is 0 Å². The molecule has 3 nitrogen and oxygen atoms in total. The van der Waals surface area contributed by atoms with Crippen molar-refractivity contribution in [1.29, 1.82) is 0 Å². The number of hydrogen-bond donors (Lipinski definition) is 0. The van der Waals surface area contributed by atoms with E-state index in [1.807, 2.05) is 0 Å². The predicted molar refractivity (Wildman–Crippen MR) is 127 cm³/mol. The van der Waals surface area contributed by atoms with Crippen LogP contribution in [0.1, 0.15) is 47.1 Å². The second-order valence-electron chi connectivity index (χ2n) is 9.50. The molecule has 2 heterocycles. The summed E-state index contributed by atoms with van der Waals surface area (Å²) in [4.78, 5) is 3.57. The van der Waals surface area contributed by atoms with Crippen LogP contribution < -0.4 is 4.74 Å². The fraction of sp³-hybridized carbons (Fsp3) is 0.652. The standard InChI is InChI=1S/C23H38N2OSSi/c1-15(2)28(16(3)4,17(5)6)25-13-18-12-19(24(7)8)14-26-23-21(27-9)11-10-20(25)22(18)23/h10-11,13,15-17,19H,12,14H2,1-9H3. The Balaban J connectivity index is 2.35. The molecule has 1 aliphatic heterocycles. The van der Waals surface area contributed by atoms with Crippen LogP contribution in [0.15, 0.2) is 23.2 Å². The van der Waals surface area contributed by atoms with E-state index in [1.165, 1.54) is 21.4 Å². The van der Waals surface area contributed by atoms with Gasteiger partial charge in [0.25, 0.3) is 0 Å². The highest BCUT2D eigenvalue weighted by Gasteiger charge is 2.46. The van der Waals surface area contributed by atoms with Crippen molar-refractivity contribution in [2.45, 2.75) is 75.5 Å². The molecule has 5 heteroatoms. The molecular weight excluding hydrogens is 380 g/mol. The third-order valence-electron chi connectivity index (χ3n) is 6.98. The summed E-state index contributed by atoms with van der Waals surface area (Å²) in [5.74, 6) is 1.11. The molecular formula is C23H38N2OSSi. The molecule has 0 radical (unpaired) electrons. The second-order valence-corrected chi connectivity index (χ2v) is 16.1. The van der Waals surface area contributed by atoms with Crippen molar-refractivity contribution < 1.29 is 4.74 Å². The van der Waals surface area contributed by atoms with Crippen molar-refractivity contribution in [3.05, 3.63) is 23.9 Å². The summed E-state index contributed by atoms with van der Waals surface area (Å²) in [6, 6.07) is 5.05. The highest BCUT2D eigenvalue weighted by atomic mass is 32.2. The van der Waals surface area contributed by atoms with Crippen LogP contribution in [0.5, 0.6) is 5.75 Å². The smallest absolute Gasteiger partial charge is 0.169 e. The first kappa shape index (κ1) is 21.8. The van der Waals surface area contributed by atoms with Gasteiger partial charge in [-0.2, -0.15) is 0 Å². The Bertz CT molecular complexity index is 819. The van der Waals surface area contributed by atoms with E-state index >= 15 is 0 Å². The summed E-state index contributed by atoms with van der Waals surface area (Å²) in [6.07, 6.45) is 5.73. The minimum atomic E-state index is -1.81. The van der Waals surface area contributed by atoms with Gasteiger partial charge in [-0.25, -0.2) is 0 Å². The summed E-state index contributed by atoms with van der Waals surface area (Å²) in [5.41, 5.74) is 4.88. The number of ether oxygens (including phenoxy) is 1. The van der Waals surface area contributed by atoms with Crippen LogP contribution in [0.4, 0.5) is 0 Å². The number of thioether (sulfide) groups is 1. The topological polar surface area (TPSA) is 17.4 Å². The third-order valence-corrected chi connectivity index (χ3v) is 14.5. The molecule has 156 valence electrons. The summed E-state index contributed by atoms with van der Waals surface area (Å²) < 4.78 is 9.22. The highest BCUT2D eigenvalue weighted by molar-refractivity contribution is 7.98. The minimum Gasteiger partial charge on any atom is -0.490 e. The molecule has 0 amide bonds. The first-order valence-corrected chi connectivity index (χ1v) is 14.1. The van der Waals surface area contributed by atoms with Crippen molar-refractivity contribution in [3.63, 3.8) is 0 Å². The van der Waals surface area contributed by atoms with Crippen LogP contribution in [-0.4, -0.2) is 50.4 Å². The van der Waals surface area contributed by atoms with Gasteiger partial charge in [0, 0.05) is 21.8 Å². The lowest BCUT2D eigenvalue weighted by Crippen LogP contribution is -2.51. The van der Waals surface area contributed by atoms with E-state index in [4.69, 9.17) is 4.74 Å². The molecule has 1 aromatic carbocycles. The summed E-state index contributed by atoms with van der Waals surface area (Å²) in [6.45, 7) is 15.4. The number of benzene rings is 1. The maximum Gasteiger partial charge on any atom is 0.169 e. The number of rotatable bonds is 6. The van der Waals surface area contributed by atoms with E-state index in [9.17, 15) is 0 Å². The van der Waals surface area contributed by atoms with Gasteiger partial charge in [0.1, 0.15) is 12.4 Å². The third kappa shape index (κ3) is 3.23. The molecule has 0 aliphatic carbocycles. The highest BCUT2D eigenvalue weighted by Crippen LogP contribution is 2.48. The lowest BCUT2D eigenvalue weighted by atomic mass is 10.1. The van der Waals surface area contributed by atoms with Gasteiger partial charge in [0.15, 0.2) is 8.24 Å². The predicted octanol–water partition coefficient (Wildman–Crippen LogP) is 6.25. The Kier molecular flexibility index (Phi) is 6.28. The van der Waals surface area contributed by atoms with Gasteiger partial charge < -0.3 is 13.9 Å². The Morgan fingerprint density at radius 1 is 1.07 bits per heavy atom. The molecule has 2 aromatic rings. The fourth-order valence-electron chi connectivity index (χ4n) is 5.79. The first-order chi connectivity index (χ1) is 13.2. The molecule has 28 heavy (non-hydrogen) atoms. The van der Waals surface area contributed by atoms with E-state index in [0.29, 0.717) is 22.7 Å². The fourth-order valence-corrected chi connectivity index (χ4v) is 13.0. The molecule has 0 saturated heterocycles. The van der Waals surface area contributed by atoms with Crippen molar-refractivity contribution in [3.8, 4) is 5.75 Å². The SMILES string of the molecule is CSc1ccc2c3c(cn2[Si](C(C)C)(C(C)C)C(C)C)CC(N(C)C)COc13. The van der Waals surface area contributed by atoms with Gasteiger partial charge in [-0.05, 0) is 67.3 Å². The molecule has 0 saturated carbocycles.